The predicted octanol–water partition coefficient (Wildman–Crippen LogP) is 13.3. The zero-order valence-corrected chi connectivity index (χ0v) is 37.8. The number of phosphoric acid groups is 1. The molecule has 9 heteroatoms. The summed E-state index contributed by atoms with van der Waals surface area (Å²) < 4.78 is 34.4. The first-order valence-electron chi connectivity index (χ1n) is 23.1. The second kappa shape index (κ2) is 39.6. The van der Waals surface area contributed by atoms with Gasteiger partial charge in [-0.3, -0.25) is 9.36 Å². The number of carbonyl (C=O) groups excluding carboxylic acids is 1. The molecular weight excluding hydrogens is 709 g/mol. The van der Waals surface area contributed by atoms with E-state index >= 15 is 0 Å². The number of quaternary nitrogens is 1. The standard InChI is InChI=1S/C46H90NO7P/c1-6-8-10-12-14-16-18-20-22-24-25-27-29-31-33-35-37-39-46(48)52-43-45(44-54-55(49,50)53-42-40-47(3,4)5)51-41-38-36-34-32-30-28-26-23-21-19-17-15-13-11-9-7-2/h20,22,38,41,45H,6-19,21,23-37,39-40,42-44H2,1-5H3/b22-20-,41-38-. The van der Waals surface area contributed by atoms with E-state index in [1.54, 1.807) is 6.26 Å². The number of allylic oxidation sites excluding steroid dienone is 3. The van der Waals surface area contributed by atoms with Gasteiger partial charge in [-0.15, -0.1) is 0 Å². The number of nitrogens with zero attached hydrogens (tertiary/aromatic N) is 1. The first kappa shape index (κ1) is 53.8. The lowest BCUT2D eigenvalue weighted by molar-refractivity contribution is -0.870. The Morgan fingerprint density at radius 2 is 0.964 bits per heavy atom. The summed E-state index contributed by atoms with van der Waals surface area (Å²) in [5.74, 6) is -0.294. The number of phosphoric ester groups is 1. The largest absolute Gasteiger partial charge is 0.756 e. The summed E-state index contributed by atoms with van der Waals surface area (Å²) in [4.78, 5) is 24.9. The van der Waals surface area contributed by atoms with E-state index in [0.29, 0.717) is 17.4 Å². The van der Waals surface area contributed by atoms with Crippen molar-refractivity contribution in [2.24, 2.45) is 0 Å². The number of hydrogen-bond acceptors (Lipinski definition) is 7. The monoisotopic (exact) mass is 800 g/mol. The van der Waals surface area contributed by atoms with Crippen LogP contribution in [0.2, 0.25) is 0 Å². The number of hydrogen-bond donors (Lipinski definition) is 0. The fraction of sp³-hybridized carbons (Fsp3) is 0.891. The molecule has 0 aliphatic rings. The third-order valence-electron chi connectivity index (χ3n) is 10.1. The highest BCUT2D eigenvalue weighted by Crippen LogP contribution is 2.38. The van der Waals surface area contributed by atoms with Crippen LogP contribution >= 0.6 is 7.82 Å². The van der Waals surface area contributed by atoms with E-state index < -0.39 is 13.9 Å². The van der Waals surface area contributed by atoms with Gasteiger partial charge in [-0.1, -0.05) is 174 Å². The summed E-state index contributed by atoms with van der Waals surface area (Å²) in [6.07, 6.45) is 45.7. The van der Waals surface area contributed by atoms with Crippen molar-refractivity contribution in [3.8, 4) is 0 Å². The lowest BCUT2D eigenvalue weighted by atomic mass is 10.0. The summed E-state index contributed by atoms with van der Waals surface area (Å²) in [5, 5.41) is 0. The number of rotatable bonds is 43. The molecule has 2 unspecified atom stereocenters. The average molecular weight is 800 g/mol. The molecule has 0 spiro atoms. The molecule has 0 rings (SSSR count). The fourth-order valence-electron chi connectivity index (χ4n) is 6.41. The second-order valence-electron chi connectivity index (χ2n) is 16.8. The minimum atomic E-state index is -4.51. The average Bonchev–Trinajstić information content (AvgIpc) is 3.14. The number of ether oxygens (including phenoxy) is 2. The van der Waals surface area contributed by atoms with Crippen molar-refractivity contribution in [3.63, 3.8) is 0 Å². The Bertz CT molecular complexity index is 936. The van der Waals surface area contributed by atoms with Gasteiger partial charge in [0.2, 0.25) is 0 Å². The van der Waals surface area contributed by atoms with E-state index in [9.17, 15) is 14.3 Å². The van der Waals surface area contributed by atoms with Gasteiger partial charge in [0.25, 0.3) is 7.82 Å². The van der Waals surface area contributed by atoms with Crippen LogP contribution in [-0.4, -0.2) is 64.1 Å². The van der Waals surface area contributed by atoms with Crippen LogP contribution < -0.4 is 4.89 Å². The van der Waals surface area contributed by atoms with Gasteiger partial charge >= 0.3 is 5.97 Å². The molecule has 0 aromatic rings. The summed E-state index contributed by atoms with van der Waals surface area (Å²) in [5.41, 5.74) is 0. The SMILES string of the molecule is CCCCCCCC/C=C\CCCCCCCCCC(=O)OCC(COP(=O)([O-])OCC[N+](C)(C)C)O/C=C\CCCCCCCCCCCCCCCC. The van der Waals surface area contributed by atoms with Gasteiger partial charge in [0, 0.05) is 6.42 Å². The molecule has 2 atom stereocenters. The molecule has 0 aliphatic heterocycles. The van der Waals surface area contributed by atoms with Crippen LogP contribution in [0.5, 0.6) is 0 Å². The Labute approximate surface area is 341 Å². The molecule has 0 aromatic carbocycles. The molecule has 0 saturated heterocycles. The maximum atomic E-state index is 12.5. The fourth-order valence-corrected chi connectivity index (χ4v) is 7.14. The van der Waals surface area contributed by atoms with Gasteiger partial charge in [0.15, 0.2) is 6.10 Å². The Morgan fingerprint density at radius 1 is 0.564 bits per heavy atom. The zero-order valence-electron chi connectivity index (χ0n) is 36.9. The van der Waals surface area contributed by atoms with E-state index in [2.05, 4.69) is 26.0 Å². The Kier molecular flexibility index (Phi) is 38.8. The van der Waals surface area contributed by atoms with Gasteiger partial charge in [-0.05, 0) is 51.0 Å². The maximum absolute atomic E-state index is 12.5. The molecule has 0 saturated carbocycles. The summed E-state index contributed by atoms with van der Waals surface area (Å²) in [6.45, 7) is 4.73. The molecule has 0 radical (unpaired) electrons. The Balaban J connectivity index is 4.24. The molecule has 0 aliphatic carbocycles. The molecule has 0 fully saturated rings. The van der Waals surface area contributed by atoms with Gasteiger partial charge < -0.3 is 27.9 Å². The predicted molar refractivity (Wildman–Crippen MR) is 231 cm³/mol. The second-order valence-corrected chi connectivity index (χ2v) is 18.2. The number of unbranched alkanes of at least 4 members (excludes halogenated alkanes) is 27. The van der Waals surface area contributed by atoms with Crippen molar-refractivity contribution < 1.29 is 37.3 Å². The lowest BCUT2D eigenvalue weighted by Crippen LogP contribution is -2.37. The van der Waals surface area contributed by atoms with Crippen LogP contribution in [0.25, 0.3) is 0 Å². The maximum Gasteiger partial charge on any atom is 0.305 e. The van der Waals surface area contributed by atoms with E-state index in [-0.39, 0.29) is 25.8 Å². The van der Waals surface area contributed by atoms with Gasteiger partial charge in [0.05, 0.1) is 34.0 Å². The summed E-state index contributed by atoms with van der Waals surface area (Å²) >= 11 is 0. The van der Waals surface area contributed by atoms with E-state index in [4.69, 9.17) is 18.5 Å². The molecule has 8 nitrogen and oxygen atoms in total. The third kappa shape index (κ3) is 43.8. The smallest absolute Gasteiger partial charge is 0.305 e. The molecule has 0 bridgehead atoms. The first-order chi connectivity index (χ1) is 26.6. The Hall–Kier alpha value is -1.18. The van der Waals surface area contributed by atoms with Crippen LogP contribution in [-0.2, 0) is 27.9 Å². The van der Waals surface area contributed by atoms with Crippen molar-refractivity contribution in [1.29, 1.82) is 0 Å². The van der Waals surface area contributed by atoms with Crippen molar-refractivity contribution in [3.05, 3.63) is 24.5 Å². The molecular formula is C46H90NO7P. The molecule has 55 heavy (non-hydrogen) atoms. The van der Waals surface area contributed by atoms with E-state index in [1.165, 1.54) is 161 Å². The normalized spacial score (nSPS) is 13.9. The third-order valence-corrected chi connectivity index (χ3v) is 11.1. The van der Waals surface area contributed by atoms with Crippen molar-refractivity contribution >= 4 is 13.8 Å². The van der Waals surface area contributed by atoms with E-state index in [1.807, 2.05) is 27.2 Å². The Morgan fingerprint density at radius 3 is 1.40 bits per heavy atom. The minimum absolute atomic E-state index is 0.0284. The number of likely N-dealkylation sites (N-methyl/N-ethyl adjacent to an activating group) is 1. The van der Waals surface area contributed by atoms with Crippen LogP contribution in [0.4, 0.5) is 0 Å². The number of esters is 1. The van der Waals surface area contributed by atoms with Crippen molar-refractivity contribution in [1.82, 2.24) is 0 Å². The zero-order chi connectivity index (χ0) is 40.6. The van der Waals surface area contributed by atoms with Crippen LogP contribution in [0.1, 0.15) is 213 Å². The van der Waals surface area contributed by atoms with E-state index in [0.717, 1.165) is 32.1 Å². The molecule has 0 heterocycles. The molecule has 0 aromatic heterocycles. The van der Waals surface area contributed by atoms with Crippen molar-refractivity contribution in [2.75, 3.05) is 47.5 Å². The lowest BCUT2D eigenvalue weighted by Gasteiger charge is -2.28. The highest BCUT2D eigenvalue weighted by atomic mass is 31.2. The highest BCUT2D eigenvalue weighted by molar-refractivity contribution is 7.45. The topological polar surface area (TPSA) is 94.1 Å². The quantitative estimate of drug-likeness (QED) is 0.0151. The number of carbonyl (C=O) groups is 1. The molecule has 0 amide bonds. The van der Waals surface area contributed by atoms with Gasteiger partial charge in [-0.2, -0.15) is 0 Å². The van der Waals surface area contributed by atoms with Crippen LogP contribution in [0.3, 0.4) is 0 Å². The van der Waals surface area contributed by atoms with Crippen LogP contribution in [0.15, 0.2) is 24.5 Å². The molecule has 326 valence electrons. The van der Waals surface area contributed by atoms with Crippen molar-refractivity contribution in [2.45, 2.75) is 219 Å². The summed E-state index contributed by atoms with van der Waals surface area (Å²) in [6, 6.07) is 0. The first-order valence-corrected chi connectivity index (χ1v) is 24.6. The highest BCUT2D eigenvalue weighted by Gasteiger charge is 2.19. The van der Waals surface area contributed by atoms with Crippen LogP contribution in [0, 0.1) is 0 Å². The van der Waals surface area contributed by atoms with Gasteiger partial charge in [-0.25, -0.2) is 0 Å². The minimum Gasteiger partial charge on any atom is -0.756 e. The summed E-state index contributed by atoms with van der Waals surface area (Å²) in [7, 11) is 1.37. The van der Waals surface area contributed by atoms with Gasteiger partial charge in [0.1, 0.15) is 19.8 Å². The molecule has 0 N–H and O–H groups in total.